The van der Waals surface area contributed by atoms with Gasteiger partial charge in [-0.25, -0.2) is 4.39 Å². The number of unbranched alkanes of at least 4 members (excludes halogenated alkanes) is 1. The molecule has 1 N–H and O–H groups in total. The van der Waals surface area contributed by atoms with Crippen LogP contribution in [0.15, 0.2) is 18.2 Å². The van der Waals surface area contributed by atoms with E-state index in [1.807, 2.05) is 0 Å². The van der Waals surface area contributed by atoms with E-state index in [9.17, 15) is 14.3 Å². The lowest BCUT2D eigenvalue weighted by Gasteiger charge is -2.16. The molecule has 0 spiro atoms. The highest BCUT2D eigenvalue weighted by atomic mass is 19.1. The van der Waals surface area contributed by atoms with E-state index in [4.69, 9.17) is 9.47 Å². The summed E-state index contributed by atoms with van der Waals surface area (Å²) >= 11 is 0. The van der Waals surface area contributed by atoms with Crippen molar-refractivity contribution in [1.82, 2.24) is 0 Å². The van der Waals surface area contributed by atoms with Gasteiger partial charge in [-0.15, -0.1) is 0 Å². The first-order valence-corrected chi connectivity index (χ1v) is 7.24. The molecule has 0 saturated heterocycles. The maximum atomic E-state index is 13.4. The molecule has 0 radical (unpaired) electrons. The van der Waals surface area contributed by atoms with E-state index in [2.05, 4.69) is 6.92 Å². The van der Waals surface area contributed by atoms with Gasteiger partial charge in [0.1, 0.15) is 11.6 Å². The molecule has 1 atom stereocenters. The number of rotatable bonds is 10. The normalized spacial score (nSPS) is 12.1. The predicted octanol–water partition coefficient (Wildman–Crippen LogP) is 3.60. The van der Waals surface area contributed by atoms with E-state index in [1.165, 1.54) is 25.3 Å². The van der Waals surface area contributed by atoms with Crippen molar-refractivity contribution in [2.24, 2.45) is 0 Å². The molecule has 21 heavy (non-hydrogen) atoms. The van der Waals surface area contributed by atoms with E-state index in [0.29, 0.717) is 37.4 Å². The molecule has 1 aromatic carbocycles. The van der Waals surface area contributed by atoms with Gasteiger partial charge in [-0.1, -0.05) is 13.3 Å². The Morgan fingerprint density at radius 1 is 1.33 bits per heavy atom. The number of ether oxygens (including phenoxy) is 2. The Labute approximate surface area is 124 Å². The molecule has 0 bridgehead atoms. The maximum absolute atomic E-state index is 13.4. The highest BCUT2D eigenvalue weighted by molar-refractivity contribution is 5.77. The number of hydrogen-bond acceptors (Lipinski definition) is 3. The highest BCUT2D eigenvalue weighted by Gasteiger charge is 2.23. The Hall–Kier alpha value is -1.62. The minimum atomic E-state index is -0.979. The van der Waals surface area contributed by atoms with Crippen LogP contribution in [0.4, 0.5) is 4.39 Å². The molecule has 0 saturated carbocycles. The van der Waals surface area contributed by atoms with Gasteiger partial charge < -0.3 is 14.6 Å². The largest absolute Gasteiger partial charge is 0.496 e. The third-order valence-corrected chi connectivity index (χ3v) is 3.29. The summed E-state index contributed by atoms with van der Waals surface area (Å²) in [6.45, 7) is 3.29. The molecule has 0 aliphatic heterocycles. The average Bonchev–Trinajstić information content (AvgIpc) is 2.46. The first-order valence-electron chi connectivity index (χ1n) is 7.24. The lowest BCUT2D eigenvalue weighted by Crippen LogP contribution is -2.14. The van der Waals surface area contributed by atoms with Crippen LogP contribution in [0.1, 0.15) is 44.1 Å². The van der Waals surface area contributed by atoms with Crippen LogP contribution < -0.4 is 4.74 Å². The summed E-state index contributed by atoms with van der Waals surface area (Å²) in [5, 5.41) is 9.36. The van der Waals surface area contributed by atoms with Crippen LogP contribution in [-0.4, -0.2) is 31.4 Å². The molecule has 4 nitrogen and oxygen atoms in total. The molecule has 0 aliphatic carbocycles. The minimum Gasteiger partial charge on any atom is -0.496 e. The molecule has 0 aliphatic rings. The Morgan fingerprint density at radius 3 is 2.67 bits per heavy atom. The van der Waals surface area contributed by atoms with Gasteiger partial charge in [0.05, 0.1) is 13.0 Å². The van der Waals surface area contributed by atoms with Crippen molar-refractivity contribution in [3.63, 3.8) is 0 Å². The summed E-state index contributed by atoms with van der Waals surface area (Å²) in [5.74, 6) is -1.83. The molecule has 0 heterocycles. The smallest absolute Gasteiger partial charge is 0.311 e. The Kier molecular flexibility index (Phi) is 7.75. The second-order valence-electron chi connectivity index (χ2n) is 4.89. The van der Waals surface area contributed by atoms with E-state index >= 15 is 0 Å². The van der Waals surface area contributed by atoms with Crippen LogP contribution in [0, 0.1) is 5.82 Å². The van der Waals surface area contributed by atoms with Gasteiger partial charge in [-0.2, -0.15) is 0 Å². The molecular weight excluding hydrogens is 275 g/mol. The quantitative estimate of drug-likeness (QED) is 0.671. The zero-order chi connectivity index (χ0) is 15.7. The number of methoxy groups -OCH3 is 1. The summed E-state index contributed by atoms with van der Waals surface area (Å²) in [6, 6.07) is 3.95. The van der Waals surface area contributed by atoms with Crippen molar-refractivity contribution in [2.45, 2.75) is 38.5 Å². The van der Waals surface area contributed by atoms with Crippen molar-refractivity contribution in [3.8, 4) is 5.75 Å². The zero-order valence-corrected chi connectivity index (χ0v) is 12.6. The molecule has 1 unspecified atom stereocenters. The monoisotopic (exact) mass is 298 g/mol. The van der Waals surface area contributed by atoms with Crippen LogP contribution >= 0.6 is 0 Å². The Balaban J connectivity index is 2.65. The first-order chi connectivity index (χ1) is 10.1. The zero-order valence-electron chi connectivity index (χ0n) is 12.6. The van der Waals surface area contributed by atoms with E-state index < -0.39 is 17.7 Å². The summed E-state index contributed by atoms with van der Waals surface area (Å²) in [5.41, 5.74) is 0.374. The maximum Gasteiger partial charge on any atom is 0.311 e. The van der Waals surface area contributed by atoms with Gasteiger partial charge in [0.2, 0.25) is 0 Å². The van der Waals surface area contributed by atoms with Gasteiger partial charge in [0.25, 0.3) is 0 Å². The van der Waals surface area contributed by atoms with Crippen molar-refractivity contribution < 1.29 is 23.8 Å². The molecule has 1 aromatic rings. The van der Waals surface area contributed by atoms with Crippen molar-refractivity contribution >= 4 is 5.97 Å². The first kappa shape index (κ1) is 17.4. The molecule has 5 heteroatoms. The lowest BCUT2D eigenvalue weighted by molar-refractivity contribution is -0.139. The number of hydrogen-bond donors (Lipinski definition) is 1. The molecule has 0 amide bonds. The molecule has 1 rings (SSSR count). The van der Waals surface area contributed by atoms with Crippen molar-refractivity contribution in [3.05, 3.63) is 29.6 Å². The van der Waals surface area contributed by atoms with Gasteiger partial charge >= 0.3 is 5.97 Å². The fraction of sp³-hybridized carbons (Fsp3) is 0.562. The molecule has 0 fully saturated rings. The third kappa shape index (κ3) is 5.71. The second-order valence-corrected chi connectivity index (χ2v) is 4.89. The lowest BCUT2D eigenvalue weighted by atomic mass is 9.93. The number of aliphatic carboxylic acids is 1. The number of halogens is 1. The number of carbonyl (C=O) groups is 1. The van der Waals surface area contributed by atoms with Gasteiger partial charge in [-0.3, -0.25) is 4.79 Å². The van der Waals surface area contributed by atoms with Crippen LogP contribution in [0.2, 0.25) is 0 Å². The van der Waals surface area contributed by atoms with E-state index in [-0.39, 0.29) is 0 Å². The topological polar surface area (TPSA) is 55.8 Å². The summed E-state index contributed by atoms with van der Waals surface area (Å²) < 4.78 is 23.9. The standard InChI is InChI=1S/C16H23FO4/c1-3-4-9-21-10-5-6-13(16(18)19)14-11-12(17)7-8-15(14)20-2/h7-8,11,13H,3-6,9-10H2,1-2H3,(H,18,19). The second kappa shape index (κ2) is 9.34. The molecule has 0 aromatic heterocycles. The highest BCUT2D eigenvalue weighted by Crippen LogP contribution is 2.31. The van der Waals surface area contributed by atoms with E-state index in [1.54, 1.807) is 0 Å². The fourth-order valence-electron chi connectivity index (χ4n) is 2.13. The van der Waals surface area contributed by atoms with Crippen molar-refractivity contribution in [1.29, 1.82) is 0 Å². The van der Waals surface area contributed by atoms with Crippen LogP contribution in [-0.2, 0) is 9.53 Å². The Morgan fingerprint density at radius 2 is 2.05 bits per heavy atom. The third-order valence-electron chi connectivity index (χ3n) is 3.29. The average molecular weight is 298 g/mol. The fourth-order valence-corrected chi connectivity index (χ4v) is 2.13. The number of carboxylic acids is 1. The number of benzene rings is 1. The van der Waals surface area contributed by atoms with E-state index in [0.717, 1.165) is 12.8 Å². The van der Waals surface area contributed by atoms with Gasteiger partial charge in [0.15, 0.2) is 0 Å². The van der Waals surface area contributed by atoms with Crippen molar-refractivity contribution in [2.75, 3.05) is 20.3 Å². The van der Waals surface area contributed by atoms with Crippen LogP contribution in [0.25, 0.3) is 0 Å². The minimum absolute atomic E-state index is 0.374. The summed E-state index contributed by atoms with van der Waals surface area (Å²) in [7, 11) is 1.45. The van der Waals surface area contributed by atoms with Gasteiger partial charge in [-0.05, 0) is 37.5 Å². The SMILES string of the molecule is CCCCOCCCC(C(=O)O)c1cc(F)ccc1OC. The number of carboxylic acid groups (broad SMARTS) is 1. The Bertz CT molecular complexity index is 448. The van der Waals surface area contributed by atoms with Crippen LogP contribution in [0.3, 0.4) is 0 Å². The predicted molar refractivity (Wildman–Crippen MR) is 78.3 cm³/mol. The summed E-state index contributed by atoms with van der Waals surface area (Å²) in [6.07, 6.45) is 3.07. The van der Waals surface area contributed by atoms with Crippen LogP contribution in [0.5, 0.6) is 5.75 Å². The summed E-state index contributed by atoms with van der Waals surface area (Å²) in [4.78, 5) is 11.4. The molecule has 118 valence electrons. The molecular formula is C16H23FO4. The van der Waals surface area contributed by atoms with Gasteiger partial charge in [0, 0.05) is 18.8 Å².